The number of nitrogen functional groups attached to an aromatic ring is 1. The number of nitrogens with one attached hydrogen (secondary N) is 1. The van der Waals surface area contributed by atoms with Crippen LogP contribution >= 0.6 is 7.82 Å². The first-order valence-electron chi connectivity index (χ1n) is 12.2. The average molecular weight is 629 g/mol. The highest BCUT2D eigenvalue weighted by Crippen LogP contribution is 2.51. The van der Waals surface area contributed by atoms with E-state index in [1.54, 1.807) is 0 Å². The molecule has 1 aromatic heterocycles. The second-order valence-electron chi connectivity index (χ2n) is 9.39. The molecule has 0 bridgehead atoms. The topological polar surface area (TPSA) is 349 Å². The van der Waals surface area contributed by atoms with Crippen LogP contribution in [-0.2, 0) is 32.7 Å². The van der Waals surface area contributed by atoms with Crippen LogP contribution in [0.4, 0.5) is 5.82 Å². The van der Waals surface area contributed by atoms with Crippen molar-refractivity contribution in [3.8, 4) is 0 Å². The van der Waals surface area contributed by atoms with Crippen molar-refractivity contribution in [3.05, 3.63) is 22.7 Å². The summed E-state index contributed by atoms with van der Waals surface area (Å²) < 4.78 is 33.7. The lowest BCUT2D eigenvalue weighted by atomic mass is 9.88. The van der Waals surface area contributed by atoms with Crippen molar-refractivity contribution in [2.45, 2.75) is 67.2 Å². The van der Waals surface area contributed by atoms with Gasteiger partial charge in [0.05, 0.1) is 31.9 Å². The van der Waals surface area contributed by atoms with Crippen molar-refractivity contribution in [1.29, 1.82) is 0 Å². The monoisotopic (exact) mass is 629 g/mol. The number of anilines is 1. The number of aliphatic carboxylic acids is 1. The molecule has 2 saturated heterocycles. The number of aliphatic hydroxyl groups excluding tert-OH is 6. The molecule has 0 radical (unpaired) electrons. The Balaban J connectivity index is 1.79. The molecule has 42 heavy (non-hydrogen) atoms. The van der Waals surface area contributed by atoms with Gasteiger partial charge in [0.2, 0.25) is 5.91 Å². The average Bonchev–Trinajstić information content (AvgIpc) is 3.20. The Kier molecular flexibility index (Phi) is 10.8. The van der Waals surface area contributed by atoms with E-state index in [-0.39, 0.29) is 5.82 Å². The van der Waals surface area contributed by atoms with E-state index in [1.165, 1.54) is 6.07 Å². The van der Waals surface area contributed by atoms with Gasteiger partial charge in [-0.2, -0.15) is 4.98 Å². The van der Waals surface area contributed by atoms with Crippen LogP contribution < -0.4 is 22.5 Å². The van der Waals surface area contributed by atoms with Crippen LogP contribution in [0.1, 0.15) is 12.6 Å². The van der Waals surface area contributed by atoms with Gasteiger partial charge in [-0.1, -0.05) is 0 Å². The van der Waals surface area contributed by atoms with E-state index < -0.39 is 112 Å². The van der Waals surface area contributed by atoms with Gasteiger partial charge in [-0.25, -0.2) is 18.7 Å². The van der Waals surface area contributed by atoms with E-state index in [0.717, 1.165) is 10.8 Å². The number of aromatic nitrogens is 2. The molecular weight excluding hydrogens is 597 g/mol. The number of nitrogens with zero attached hydrogens (tertiary/aromatic N) is 2. The summed E-state index contributed by atoms with van der Waals surface area (Å²) >= 11 is 0. The molecule has 13 N–H and O–H groups in total. The number of carbonyl (C=O) groups is 2. The Morgan fingerprint density at radius 2 is 1.95 bits per heavy atom. The number of nitrogens with two attached hydrogens (primary N) is 2. The van der Waals surface area contributed by atoms with Crippen LogP contribution in [0, 0.1) is 0 Å². The molecule has 22 heteroatoms. The molecule has 2 aliphatic heterocycles. The van der Waals surface area contributed by atoms with Crippen molar-refractivity contribution >= 4 is 25.5 Å². The van der Waals surface area contributed by atoms with Crippen LogP contribution in [0.25, 0.3) is 0 Å². The highest BCUT2D eigenvalue weighted by atomic mass is 31.2. The molecule has 1 aromatic rings. The molecular formula is C20H32N5O16P. The molecule has 0 aromatic carbocycles. The number of rotatable bonds is 12. The van der Waals surface area contributed by atoms with Crippen molar-refractivity contribution in [3.63, 3.8) is 0 Å². The third-order valence-corrected chi connectivity index (χ3v) is 7.46. The molecule has 2 fully saturated rings. The summed E-state index contributed by atoms with van der Waals surface area (Å²) in [4.78, 5) is 49.9. The normalized spacial score (nSPS) is 34.3. The smallest absolute Gasteiger partial charge is 0.475 e. The van der Waals surface area contributed by atoms with E-state index in [0.29, 0.717) is 0 Å². The molecule has 1 amide bonds. The van der Waals surface area contributed by atoms with E-state index in [2.05, 4.69) is 10.3 Å². The van der Waals surface area contributed by atoms with E-state index in [4.69, 9.17) is 30.0 Å². The minimum Gasteiger partial charge on any atom is -0.477 e. The lowest BCUT2D eigenvalue weighted by Crippen LogP contribution is -2.68. The Morgan fingerprint density at radius 1 is 1.29 bits per heavy atom. The molecule has 2 aliphatic rings. The number of aliphatic hydroxyl groups is 6. The van der Waals surface area contributed by atoms with Gasteiger partial charge in [-0.05, 0) is 6.07 Å². The lowest BCUT2D eigenvalue weighted by Gasteiger charge is -2.46. The van der Waals surface area contributed by atoms with Gasteiger partial charge in [0.1, 0.15) is 42.4 Å². The first-order valence-corrected chi connectivity index (χ1v) is 13.7. The quantitative estimate of drug-likeness (QED) is 0.0957. The summed E-state index contributed by atoms with van der Waals surface area (Å²) in [6.07, 6.45) is -14.9. The van der Waals surface area contributed by atoms with Crippen molar-refractivity contribution < 1.29 is 73.3 Å². The number of amides is 1. The third kappa shape index (κ3) is 7.29. The second-order valence-corrected chi connectivity index (χ2v) is 10.8. The number of phosphoric acid groups is 1. The maximum absolute atomic E-state index is 12.8. The minimum absolute atomic E-state index is 0.140. The molecule has 0 saturated carbocycles. The summed E-state index contributed by atoms with van der Waals surface area (Å²) in [5.74, 6) is -6.39. The fourth-order valence-corrected chi connectivity index (χ4v) is 5.28. The minimum atomic E-state index is -5.54. The van der Waals surface area contributed by atoms with E-state index in [9.17, 15) is 59.6 Å². The summed E-state index contributed by atoms with van der Waals surface area (Å²) in [7, 11) is -5.54. The number of phosphoric ester groups is 1. The van der Waals surface area contributed by atoms with Gasteiger partial charge in [0.15, 0.2) is 6.23 Å². The van der Waals surface area contributed by atoms with Crippen LogP contribution in [0.2, 0.25) is 0 Å². The standard InChI is InChI=1S/C20H32N5O16P/c21-4-11(29)24-12-7(27)3-20(18(33)34,40-16(12)13(30)8(28)5-26)41-42(36,37)38-6-9-14(31)15(32)17(39-9)25-2-1-10(22)23-19(25)35/h1-2,7-9,12-17,26-28,30-32H,3-6,21H2,(H,24,29)(H,33,34)(H,36,37)(H2,22,23,35)/t7-,8-,9-,12-,13-,14?,15+,16?,17-,20-/m1/s1. The largest absolute Gasteiger partial charge is 0.477 e. The molecule has 0 aliphatic carbocycles. The Morgan fingerprint density at radius 3 is 2.52 bits per heavy atom. The zero-order valence-electron chi connectivity index (χ0n) is 21.5. The van der Waals surface area contributed by atoms with Crippen LogP contribution in [0.3, 0.4) is 0 Å². The number of hydrogen-bond acceptors (Lipinski definition) is 17. The molecule has 3 heterocycles. The first kappa shape index (κ1) is 33.9. The zero-order valence-corrected chi connectivity index (χ0v) is 22.4. The number of hydrogen-bond donors (Lipinski definition) is 11. The summed E-state index contributed by atoms with van der Waals surface area (Å²) in [6.45, 7) is -2.71. The van der Waals surface area contributed by atoms with Crippen LogP contribution in [0.5, 0.6) is 0 Å². The highest BCUT2D eigenvalue weighted by Gasteiger charge is 2.59. The number of carboxylic acid groups (broad SMARTS) is 1. The molecule has 11 atom stereocenters. The lowest BCUT2D eigenvalue weighted by molar-refractivity contribution is -0.289. The number of carboxylic acids is 1. The Labute approximate surface area is 235 Å². The van der Waals surface area contributed by atoms with Crippen molar-refractivity contribution in [2.24, 2.45) is 5.73 Å². The van der Waals surface area contributed by atoms with Gasteiger partial charge in [0, 0.05) is 12.6 Å². The molecule has 21 nitrogen and oxygen atoms in total. The Hall–Kier alpha value is -2.63. The van der Waals surface area contributed by atoms with Crippen LogP contribution in [-0.4, -0.2) is 136 Å². The van der Waals surface area contributed by atoms with Crippen molar-refractivity contribution in [1.82, 2.24) is 14.9 Å². The first-order chi connectivity index (χ1) is 19.6. The van der Waals surface area contributed by atoms with Crippen molar-refractivity contribution in [2.75, 3.05) is 25.5 Å². The van der Waals surface area contributed by atoms with Gasteiger partial charge >= 0.3 is 19.5 Å². The molecule has 3 rings (SSSR count). The summed E-state index contributed by atoms with van der Waals surface area (Å²) in [6, 6.07) is -0.442. The van der Waals surface area contributed by atoms with E-state index >= 15 is 0 Å². The van der Waals surface area contributed by atoms with Gasteiger partial charge in [-0.3, -0.25) is 13.9 Å². The summed E-state index contributed by atoms with van der Waals surface area (Å²) in [5.41, 5.74) is 9.68. The predicted octanol–water partition coefficient (Wildman–Crippen LogP) is -6.33. The molecule has 3 unspecified atom stereocenters. The fourth-order valence-electron chi connectivity index (χ4n) is 4.33. The maximum Gasteiger partial charge on any atom is 0.475 e. The SMILES string of the molecule is NCC(=O)N[C@H]1C([C@H](O)[C@H](O)CO)O[C@](OP(=O)(O)OC[C@H]2O[C@@H](n3ccc(N)nc3=O)[C@@H](O)C2O)(C(=O)O)C[C@H]1O. The Bertz CT molecular complexity index is 1240. The van der Waals surface area contributed by atoms with E-state index in [1.807, 2.05) is 0 Å². The number of carbonyl (C=O) groups excluding carboxylic acids is 1. The number of ether oxygens (including phenoxy) is 2. The van der Waals surface area contributed by atoms with Gasteiger partial charge < -0.3 is 66.9 Å². The maximum atomic E-state index is 12.8. The zero-order chi connectivity index (χ0) is 31.6. The van der Waals surface area contributed by atoms with Gasteiger partial charge in [0.25, 0.3) is 5.79 Å². The molecule has 0 spiro atoms. The molecule has 238 valence electrons. The third-order valence-electron chi connectivity index (χ3n) is 6.46. The van der Waals surface area contributed by atoms with Crippen LogP contribution in [0.15, 0.2) is 17.1 Å². The second kappa shape index (κ2) is 13.3. The summed E-state index contributed by atoms with van der Waals surface area (Å²) in [5, 5.41) is 72.8. The highest BCUT2D eigenvalue weighted by molar-refractivity contribution is 7.47. The predicted molar refractivity (Wildman–Crippen MR) is 132 cm³/mol. The fraction of sp³-hybridized carbons (Fsp3) is 0.700. The van der Waals surface area contributed by atoms with Gasteiger partial charge in [-0.15, -0.1) is 0 Å².